The quantitative estimate of drug-likeness (QED) is 0.681. The maximum atomic E-state index is 12.6. The van der Waals surface area contributed by atoms with Crippen LogP contribution in [0.1, 0.15) is 27.6 Å². The molecule has 1 N–H and O–H groups in total. The third-order valence-electron chi connectivity index (χ3n) is 4.30. The summed E-state index contributed by atoms with van der Waals surface area (Å²) >= 11 is 0. The highest BCUT2D eigenvalue weighted by molar-refractivity contribution is 5.94. The SMILES string of the molecule is CN(CC1OCCc2ccccc21)C(=O)c1ccc([N+](=O)[O-])c(O)c1. The lowest BCUT2D eigenvalue weighted by Crippen LogP contribution is -2.33. The lowest BCUT2D eigenvalue weighted by molar-refractivity contribution is -0.385. The zero-order valence-electron chi connectivity index (χ0n) is 13.7. The molecular weight excluding hydrogens is 324 g/mol. The van der Waals surface area contributed by atoms with Crippen LogP contribution in [0.3, 0.4) is 0 Å². The standard InChI is InChI=1S/C18H18N2O5/c1-19(11-17-14-5-3-2-4-12(14)8-9-25-17)18(22)13-6-7-15(20(23)24)16(21)10-13/h2-7,10,17,21H,8-9,11H2,1H3. The van der Waals surface area contributed by atoms with Crippen molar-refractivity contribution in [1.82, 2.24) is 4.90 Å². The van der Waals surface area contributed by atoms with Gasteiger partial charge in [0.25, 0.3) is 5.91 Å². The van der Waals surface area contributed by atoms with Crippen molar-refractivity contribution in [2.24, 2.45) is 0 Å². The van der Waals surface area contributed by atoms with Crippen LogP contribution in [0, 0.1) is 10.1 Å². The maximum Gasteiger partial charge on any atom is 0.310 e. The van der Waals surface area contributed by atoms with Crippen LogP contribution in [-0.2, 0) is 11.2 Å². The molecule has 2 aromatic rings. The summed E-state index contributed by atoms with van der Waals surface area (Å²) in [6.07, 6.45) is 0.631. The van der Waals surface area contributed by atoms with Gasteiger partial charge in [0.05, 0.1) is 18.1 Å². The minimum Gasteiger partial charge on any atom is -0.502 e. The molecule has 0 spiro atoms. The average molecular weight is 342 g/mol. The van der Waals surface area contributed by atoms with Crippen molar-refractivity contribution in [3.05, 3.63) is 69.3 Å². The monoisotopic (exact) mass is 342 g/mol. The van der Waals surface area contributed by atoms with Crippen LogP contribution in [0.2, 0.25) is 0 Å². The number of amides is 1. The Balaban J connectivity index is 1.76. The van der Waals surface area contributed by atoms with Crippen molar-refractivity contribution in [2.45, 2.75) is 12.5 Å². The zero-order chi connectivity index (χ0) is 18.0. The Bertz CT molecular complexity index is 821. The summed E-state index contributed by atoms with van der Waals surface area (Å²) < 4.78 is 5.80. The second-order valence-corrected chi connectivity index (χ2v) is 5.95. The highest BCUT2D eigenvalue weighted by atomic mass is 16.6. The Morgan fingerprint density at radius 3 is 2.84 bits per heavy atom. The number of nitro groups is 1. The second kappa shape index (κ2) is 6.90. The molecule has 1 aliphatic heterocycles. The summed E-state index contributed by atoms with van der Waals surface area (Å²) in [6, 6.07) is 11.6. The molecule has 0 radical (unpaired) electrons. The first kappa shape index (κ1) is 16.9. The second-order valence-electron chi connectivity index (χ2n) is 5.95. The molecule has 0 aliphatic carbocycles. The fourth-order valence-electron chi connectivity index (χ4n) is 2.99. The summed E-state index contributed by atoms with van der Waals surface area (Å²) in [5, 5.41) is 20.5. The maximum absolute atomic E-state index is 12.6. The number of rotatable bonds is 4. The van der Waals surface area contributed by atoms with Crippen molar-refractivity contribution >= 4 is 11.6 Å². The van der Waals surface area contributed by atoms with E-state index in [-0.39, 0.29) is 17.6 Å². The predicted octanol–water partition coefficient (Wildman–Crippen LogP) is 2.69. The molecule has 0 bridgehead atoms. The van der Waals surface area contributed by atoms with Gasteiger partial charge in [0.2, 0.25) is 0 Å². The van der Waals surface area contributed by atoms with E-state index in [9.17, 15) is 20.0 Å². The number of likely N-dealkylation sites (N-methyl/N-ethyl adjacent to an activating group) is 1. The van der Waals surface area contributed by atoms with Crippen LogP contribution < -0.4 is 0 Å². The van der Waals surface area contributed by atoms with Gasteiger partial charge < -0.3 is 14.7 Å². The van der Waals surface area contributed by atoms with Crippen LogP contribution in [0.15, 0.2) is 42.5 Å². The largest absolute Gasteiger partial charge is 0.502 e. The number of phenols is 1. The number of carbonyl (C=O) groups excluding carboxylic acids is 1. The van der Waals surface area contributed by atoms with Crippen LogP contribution in [-0.4, -0.2) is 41.0 Å². The predicted molar refractivity (Wildman–Crippen MR) is 90.6 cm³/mol. The summed E-state index contributed by atoms with van der Waals surface area (Å²) in [6.45, 7) is 0.954. The minimum atomic E-state index is -0.694. The van der Waals surface area contributed by atoms with Crippen molar-refractivity contribution in [3.63, 3.8) is 0 Å². The Labute approximate surface area is 144 Å². The molecule has 1 heterocycles. The molecule has 1 unspecified atom stereocenters. The van der Waals surface area contributed by atoms with Crippen LogP contribution in [0.4, 0.5) is 5.69 Å². The number of hydrogen-bond acceptors (Lipinski definition) is 5. The van der Waals surface area contributed by atoms with E-state index < -0.39 is 16.4 Å². The molecule has 0 fully saturated rings. The number of aromatic hydroxyl groups is 1. The van der Waals surface area contributed by atoms with Gasteiger partial charge in [0.15, 0.2) is 5.75 Å². The van der Waals surface area contributed by atoms with E-state index in [1.54, 1.807) is 7.05 Å². The molecule has 130 valence electrons. The first-order valence-electron chi connectivity index (χ1n) is 7.89. The Hall–Kier alpha value is -2.93. The number of carbonyl (C=O) groups is 1. The van der Waals surface area contributed by atoms with Gasteiger partial charge in [-0.05, 0) is 29.7 Å². The van der Waals surface area contributed by atoms with Crippen molar-refractivity contribution in [3.8, 4) is 5.75 Å². The van der Waals surface area contributed by atoms with E-state index in [0.717, 1.165) is 24.1 Å². The molecule has 0 aromatic heterocycles. The third-order valence-corrected chi connectivity index (χ3v) is 4.30. The zero-order valence-corrected chi connectivity index (χ0v) is 13.7. The van der Waals surface area contributed by atoms with Crippen LogP contribution in [0.25, 0.3) is 0 Å². The molecule has 2 aromatic carbocycles. The van der Waals surface area contributed by atoms with Crippen LogP contribution >= 0.6 is 0 Å². The van der Waals surface area contributed by atoms with Crippen molar-refractivity contribution in [1.29, 1.82) is 0 Å². The first-order valence-corrected chi connectivity index (χ1v) is 7.89. The summed E-state index contributed by atoms with van der Waals surface area (Å²) in [7, 11) is 1.64. The van der Waals surface area contributed by atoms with Crippen LogP contribution in [0.5, 0.6) is 5.75 Å². The van der Waals surface area contributed by atoms with Gasteiger partial charge >= 0.3 is 5.69 Å². The average Bonchev–Trinajstić information content (AvgIpc) is 2.61. The van der Waals surface area contributed by atoms with E-state index in [2.05, 4.69) is 6.07 Å². The fraction of sp³-hybridized carbons (Fsp3) is 0.278. The normalized spacial score (nSPS) is 16.1. The molecular formula is C18H18N2O5. The highest BCUT2D eigenvalue weighted by Crippen LogP contribution is 2.29. The molecule has 7 heteroatoms. The van der Waals surface area contributed by atoms with E-state index in [0.29, 0.717) is 13.2 Å². The molecule has 7 nitrogen and oxygen atoms in total. The Morgan fingerprint density at radius 1 is 1.36 bits per heavy atom. The molecule has 0 saturated heterocycles. The molecule has 1 amide bonds. The lowest BCUT2D eigenvalue weighted by Gasteiger charge is -2.29. The Kier molecular flexibility index (Phi) is 4.67. The number of phenolic OH excluding ortho intramolecular Hbond substituents is 1. The number of benzene rings is 2. The summed E-state index contributed by atoms with van der Waals surface area (Å²) in [5.74, 6) is -0.861. The third kappa shape index (κ3) is 3.46. The summed E-state index contributed by atoms with van der Waals surface area (Å²) in [5.41, 5.74) is 2.05. The van der Waals surface area contributed by atoms with E-state index >= 15 is 0 Å². The number of nitrogens with zero attached hydrogens (tertiary/aromatic N) is 2. The lowest BCUT2D eigenvalue weighted by atomic mass is 9.97. The number of fused-ring (bicyclic) bond motifs is 1. The van der Waals surface area contributed by atoms with E-state index in [4.69, 9.17) is 4.74 Å². The highest BCUT2D eigenvalue weighted by Gasteiger charge is 2.25. The van der Waals surface area contributed by atoms with Gasteiger partial charge in [-0.3, -0.25) is 14.9 Å². The number of ether oxygens (including phenoxy) is 1. The smallest absolute Gasteiger partial charge is 0.310 e. The van der Waals surface area contributed by atoms with Gasteiger partial charge in [0.1, 0.15) is 6.10 Å². The van der Waals surface area contributed by atoms with Gasteiger partial charge in [-0.2, -0.15) is 0 Å². The van der Waals surface area contributed by atoms with Gasteiger partial charge in [-0.25, -0.2) is 0 Å². The Morgan fingerprint density at radius 2 is 2.12 bits per heavy atom. The first-order chi connectivity index (χ1) is 12.0. The topological polar surface area (TPSA) is 92.9 Å². The number of hydrogen-bond donors (Lipinski definition) is 1. The molecule has 3 rings (SSSR count). The molecule has 1 atom stereocenters. The van der Waals surface area contributed by atoms with Gasteiger partial charge in [-0.1, -0.05) is 24.3 Å². The fourth-order valence-corrected chi connectivity index (χ4v) is 2.99. The molecule has 1 aliphatic rings. The molecule has 0 saturated carbocycles. The van der Waals surface area contributed by atoms with Crippen molar-refractivity contribution in [2.75, 3.05) is 20.2 Å². The van der Waals surface area contributed by atoms with Gasteiger partial charge in [0, 0.05) is 18.7 Å². The van der Waals surface area contributed by atoms with E-state index in [1.165, 1.54) is 16.5 Å². The minimum absolute atomic E-state index is 0.190. The number of nitro benzene ring substituents is 1. The van der Waals surface area contributed by atoms with Gasteiger partial charge in [-0.15, -0.1) is 0 Å². The van der Waals surface area contributed by atoms with E-state index in [1.807, 2.05) is 18.2 Å². The summed E-state index contributed by atoms with van der Waals surface area (Å²) in [4.78, 5) is 24.1. The molecule has 25 heavy (non-hydrogen) atoms. The van der Waals surface area contributed by atoms with Crippen molar-refractivity contribution < 1.29 is 19.6 Å².